The summed E-state index contributed by atoms with van der Waals surface area (Å²) in [5.41, 5.74) is 0.655. The van der Waals surface area contributed by atoms with Gasteiger partial charge in [0.2, 0.25) is 5.91 Å². The van der Waals surface area contributed by atoms with Crippen LogP contribution in [0.3, 0.4) is 0 Å². The number of ether oxygens (including phenoxy) is 1. The van der Waals surface area contributed by atoms with Crippen LogP contribution in [0.4, 0.5) is 0 Å². The van der Waals surface area contributed by atoms with Crippen molar-refractivity contribution in [3.05, 3.63) is 18.2 Å². The van der Waals surface area contributed by atoms with Crippen molar-refractivity contribution < 1.29 is 19.4 Å². The first-order chi connectivity index (χ1) is 10.1. The highest BCUT2D eigenvalue weighted by atomic mass is 16.5. The van der Waals surface area contributed by atoms with E-state index >= 15 is 0 Å². The molecule has 0 aliphatic carbocycles. The molecule has 1 saturated heterocycles. The zero-order valence-electron chi connectivity index (χ0n) is 11.7. The first-order valence-corrected chi connectivity index (χ1v) is 6.97. The summed E-state index contributed by atoms with van der Waals surface area (Å²) in [6.07, 6.45) is 4.96. The van der Waals surface area contributed by atoms with Gasteiger partial charge < -0.3 is 25.5 Å². The number of nitrogens with zero attached hydrogens (tertiary/aromatic N) is 1. The Hall–Kier alpha value is -1.93. The van der Waals surface area contributed by atoms with Gasteiger partial charge in [0, 0.05) is 18.3 Å². The van der Waals surface area contributed by atoms with Crippen molar-refractivity contribution >= 4 is 11.9 Å². The molecular weight excluding hydrogens is 276 g/mol. The van der Waals surface area contributed by atoms with E-state index in [1.165, 1.54) is 12.5 Å². The van der Waals surface area contributed by atoms with Gasteiger partial charge in [0.1, 0.15) is 12.6 Å². The Labute approximate surface area is 122 Å². The predicted octanol–water partition coefficient (Wildman–Crippen LogP) is -0.710. The fourth-order valence-corrected chi connectivity index (χ4v) is 2.21. The average Bonchev–Trinajstić information content (AvgIpc) is 2.98. The summed E-state index contributed by atoms with van der Waals surface area (Å²) in [5.74, 6) is -1.50. The SMILES string of the molecule is O=C(COC1CCNCC1)N[C@H](Cc1cnc[nH]1)C(=O)O. The predicted molar refractivity (Wildman–Crippen MR) is 73.7 cm³/mol. The van der Waals surface area contributed by atoms with Crippen LogP contribution >= 0.6 is 0 Å². The topological polar surface area (TPSA) is 116 Å². The van der Waals surface area contributed by atoms with Crippen LogP contribution in [0.15, 0.2) is 12.5 Å². The van der Waals surface area contributed by atoms with Crippen molar-refractivity contribution in [3.8, 4) is 0 Å². The Kier molecular flexibility index (Phi) is 5.70. The Morgan fingerprint density at radius 1 is 1.48 bits per heavy atom. The van der Waals surface area contributed by atoms with Gasteiger partial charge in [-0.3, -0.25) is 4.79 Å². The number of amides is 1. The number of aromatic amines is 1. The number of hydrogen-bond acceptors (Lipinski definition) is 5. The monoisotopic (exact) mass is 296 g/mol. The zero-order chi connectivity index (χ0) is 15.1. The molecule has 1 aliphatic heterocycles. The van der Waals surface area contributed by atoms with Gasteiger partial charge in [-0.25, -0.2) is 9.78 Å². The molecule has 0 spiro atoms. The first kappa shape index (κ1) is 15.5. The van der Waals surface area contributed by atoms with Crippen LogP contribution in [-0.2, 0) is 20.7 Å². The largest absolute Gasteiger partial charge is 0.480 e. The Morgan fingerprint density at radius 3 is 2.86 bits per heavy atom. The number of rotatable bonds is 7. The maximum absolute atomic E-state index is 11.8. The van der Waals surface area contributed by atoms with Crippen molar-refractivity contribution in [1.82, 2.24) is 20.6 Å². The first-order valence-electron chi connectivity index (χ1n) is 6.97. The number of aromatic nitrogens is 2. The van der Waals surface area contributed by atoms with Crippen LogP contribution in [-0.4, -0.2) is 58.8 Å². The molecule has 0 aromatic carbocycles. The van der Waals surface area contributed by atoms with Gasteiger partial charge in [-0.2, -0.15) is 0 Å². The molecule has 8 nitrogen and oxygen atoms in total. The summed E-state index contributed by atoms with van der Waals surface area (Å²) in [4.78, 5) is 29.6. The molecule has 1 aromatic heterocycles. The van der Waals surface area contributed by atoms with Gasteiger partial charge in [0.15, 0.2) is 0 Å². The van der Waals surface area contributed by atoms with E-state index in [-0.39, 0.29) is 19.1 Å². The van der Waals surface area contributed by atoms with Gasteiger partial charge in [0.25, 0.3) is 0 Å². The van der Waals surface area contributed by atoms with E-state index in [4.69, 9.17) is 9.84 Å². The summed E-state index contributed by atoms with van der Waals surface area (Å²) in [6.45, 7) is 1.64. The summed E-state index contributed by atoms with van der Waals surface area (Å²) in [6, 6.07) is -0.991. The van der Waals surface area contributed by atoms with E-state index < -0.39 is 17.9 Å². The van der Waals surface area contributed by atoms with Crippen LogP contribution in [0.25, 0.3) is 0 Å². The molecule has 8 heteroatoms. The van der Waals surface area contributed by atoms with Gasteiger partial charge in [-0.15, -0.1) is 0 Å². The van der Waals surface area contributed by atoms with Gasteiger partial charge >= 0.3 is 5.97 Å². The second kappa shape index (κ2) is 7.75. The van der Waals surface area contributed by atoms with E-state index in [1.807, 2.05) is 0 Å². The highest BCUT2D eigenvalue weighted by Crippen LogP contribution is 2.06. The Morgan fingerprint density at radius 2 is 2.24 bits per heavy atom. The third-order valence-corrected chi connectivity index (χ3v) is 3.35. The molecule has 0 unspecified atom stereocenters. The average molecular weight is 296 g/mol. The standard InChI is InChI=1S/C13H20N4O4/c18-12(7-21-10-1-3-14-4-2-10)17-11(13(19)20)5-9-6-15-8-16-9/h6,8,10-11,14H,1-5,7H2,(H,15,16)(H,17,18)(H,19,20)/t11-/m1/s1. The molecule has 1 atom stereocenters. The van der Waals surface area contributed by atoms with Crippen LogP contribution in [0.5, 0.6) is 0 Å². The molecule has 0 bridgehead atoms. The zero-order valence-corrected chi connectivity index (χ0v) is 11.7. The lowest BCUT2D eigenvalue weighted by atomic mass is 10.1. The minimum Gasteiger partial charge on any atom is -0.480 e. The van der Waals surface area contributed by atoms with Crippen molar-refractivity contribution in [2.75, 3.05) is 19.7 Å². The maximum atomic E-state index is 11.8. The summed E-state index contributed by atoms with van der Waals surface area (Å²) >= 11 is 0. The third-order valence-electron chi connectivity index (χ3n) is 3.35. The maximum Gasteiger partial charge on any atom is 0.326 e. The summed E-state index contributed by atoms with van der Waals surface area (Å²) in [5, 5.41) is 14.8. The van der Waals surface area contributed by atoms with E-state index in [2.05, 4.69) is 20.6 Å². The third kappa shape index (κ3) is 5.16. The lowest BCUT2D eigenvalue weighted by Crippen LogP contribution is -2.44. The van der Waals surface area contributed by atoms with Crippen LogP contribution in [0, 0.1) is 0 Å². The normalized spacial score (nSPS) is 17.3. The molecule has 21 heavy (non-hydrogen) atoms. The minimum absolute atomic E-state index is 0.0629. The molecule has 1 fully saturated rings. The lowest BCUT2D eigenvalue weighted by Gasteiger charge is -2.23. The molecule has 2 heterocycles. The van der Waals surface area contributed by atoms with E-state index in [0.717, 1.165) is 25.9 Å². The number of carbonyl (C=O) groups excluding carboxylic acids is 1. The molecule has 116 valence electrons. The van der Waals surface area contributed by atoms with Crippen molar-refractivity contribution in [2.24, 2.45) is 0 Å². The van der Waals surface area contributed by atoms with Gasteiger partial charge in [0.05, 0.1) is 12.4 Å². The van der Waals surface area contributed by atoms with Gasteiger partial charge in [-0.05, 0) is 25.9 Å². The number of aliphatic carboxylic acids is 1. The molecule has 1 aliphatic rings. The number of imidazole rings is 1. The second-order valence-corrected chi connectivity index (χ2v) is 5.00. The van der Waals surface area contributed by atoms with Crippen molar-refractivity contribution in [1.29, 1.82) is 0 Å². The molecule has 0 saturated carbocycles. The number of carbonyl (C=O) groups is 2. The number of nitrogens with one attached hydrogen (secondary N) is 3. The van der Waals surface area contributed by atoms with Crippen LogP contribution in [0.1, 0.15) is 18.5 Å². The lowest BCUT2D eigenvalue weighted by molar-refractivity contribution is -0.143. The molecular formula is C13H20N4O4. The van der Waals surface area contributed by atoms with Crippen molar-refractivity contribution in [2.45, 2.75) is 31.4 Å². The minimum atomic E-state index is -1.08. The molecule has 1 amide bonds. The fraction of sp³-hybridized carbons (Fsp3) is 0.615. The van der Waals surface area contributed by atoms with Gasteiger partial charge in [-0.1, -0.05) is 0 Å². The van der Waals surface area contributed by atoms with Crippen LogP contribution in [0.2, 0.25) is 0 Å². The number of carboxylic acid groups (broad SMARTS) is 1. The number of piperidine rings is 1. The fourth-order valence-electron chi connectivity index (χ4n) is 2.21. The van der Waals surface area contributed by atoms with E-state index in [9.17, 15) is 9.59 Å². The van der Waals surface area contributed by atoms with E-state index in [0.29, 0.717) is 5.69 Å². The summed E-state index contributed by atoms with van der Waals surface area (Å²) in [7, 11) is 0. The summed E-state index contributed by atoms with van der Waals surface area (Å²) < 4.78 is 5.50. The van der Waals surface area contributed by atoms with Crippen LogP contribution < -0.4 is 10.6 Å². The molecule has 2 rings (SSSR count). The smallest absolute Gasteiger partial charge is 0.326 e. The highest BCUT2D eigenvalue weighted by Gasteiger charge is 2.22. The Bertz CT molecular complexity index is 457. The Balaban J connectivity index is 1.76. The van der Waals surface area contributed by atoms with E-state index in [1.54, 1.807) is 0 Å². The molecule has 4 N–H and O–H groups in total. The molecule has 0 radical (unpaired) electrons. The quantitative estimate of drug-likeness (QED) is 0.528. The highest BCUT2D eigenvalue weighted by molar-refractivity contribution is 5.84. The number of hydrogen-bond donors (Lipinski definition) is 4. The number of carboxylic acids is 1. The number of H-pyrrole nitrogens is 1. The second-order valence-electron chi connectivity index (χ2n) is 5.00. The molecule has 1 aromatic rings. The van der Waals surface area contributed by atoms with Crippen molar-refractivity contribution in [3.63, 3.8) is 0 Å².